The number of thioether (sulfide) groups is 1. The number of piperidine rings is 1. The van der Waals surface area contributed by atoms with Crippen LogP contribution in [-0.4, -0.2) is 89.9 Å². The standard InChI is InChI=1S/C22H31N7O8S/c1-21(2,3)35-19(32)34-17-12(10-38-18-24-25-26-27(18)9-13(23)30)11-7-8-28(15-14(11)29(17)16(15)31)37-20(33)36-22(4,5)6/h11,14-15H,7-10H2,1-6H3,(H2,23,30)/t11?,14-,15+/m1/s1. The van der Waals surface area contributed by atoms with Gasteiger partial charge in [-0.05, 0) is 58.4 Å². The van der Waals surface area contributed by atoms with Gasteiger partial charge >= 0.3 is 12.3 Å². The Labute approximate surface area is 222 Å². The lowest BCUT2D eigenvalue weighted by Crippen LogP contribution is -2.72. The van der Waals surface area contributed by atoms with Crippen LogP contribution in [0.15, 0.2) is 16.6 Å². The molecular formula is C22H31N7O8S. The minimum absolute atomic E-state index is 0.0797. The third-order valence-electron chi connectivity index (χ3n) is 5.75. The van der Waals surface area contributed by atoms with E-state index in [1.165, 1.54) is 26.4 Å². The average Bonchev–Trinajstić information content (AvgIpc) is 3.28. The number of ether oxygens (including phenoxy) is 3. The van der Waals surface area contributed by atoms with Crippen molar-refractivity contribution in [1.29, 1.82) is 0 Å². The Morgan fingerprint density at radius 2 is 1.74 bits per heavy atom. The molecule has 1 aromatic rings. The fourth-order valence-corrected chi connectivity index (χ4v) is 5.45. The Balaban J connectivity index is 1.56. The number of rotatable bonds is 7. The number of β-lactam (4-membered cyclic amide) rings is 1. The second kappa shape index (κ2) is 10.1. The maximum atomic E-state index is 13.3. The van der Waals surface area contributed by atoms with Crippen molar-refractivity contribution in [3.8, 4) is 0 Å². The fourth-order valence-electron chi connectivity index (χ4n) is 4.48. The largest absolute Gasteiger partial charge is 0.528 e. The number of primary amides is 1. The molecule has 3 aliphatic rings. The first-order valence-corrected chi connectivity index (χ1v) is 12.9. The fraction of sp³-hybridized carbons (Fsp3) is 0.682. The zero-order valence-corrected chi connectivity index (χ0v) is 22.8. The minimum atomic E-state index is -0.953. The molecule has 0 radical (unpaired) electrons. The van der Waals surface area contributed by atoms with E-state index in [1.54, 1.807) is 41.5 Å². The molecule has 2 saturated heterocycles. The molecule has 0 aliphatic carbocycles. The van der Waals surface area contributed by atoms with Crippen LogP contribution in [0.1, 0.15) is 48.0 Å². The van der Waals surface area contributed by atoms with Gasteiger partial charge in [0.05, 0.1) is 6.04 Å². The van der Waals surface area contributed by atoms with Crippen molar-refractivity contribution in [2.45, 2.75) is 83.0 Å². The van der Waals surface area contributed by atoms with Crippen molar-refractivity contribution in [2.75, 3.05) is 12.3 Å². The second-order valence-electron chi connectivity index (χ2n) is 11.0. The van der Waals surface area contributed by atoms with Crippen molar-refractivity contribution in [3.63, 3.8) is 0 Å². The van der Waals surface area contributed by atoms with E-state index in [4.69, 9.17) is 24.8 Å². The summed E-state index contributed by atoms with van der Waals surface area (Å²) in [6.45, 7) is 10.3. The Morgan fingerprint density at radius 1 is 1.08 bits per heavy atom. The topological polar surface area (TPSA) is 181 Å². The number of nitrogens with zero attached hydrogens (tertiary/aromatic N) is 6. The highest BCUT2D eigenvalue weighted by Crippen LogP contribution is 2.50. The van der Waals surface area contributed by atoms with Gasteiger partial charge in [0, 0.05) is 23.8 Å². The lowest BCUT2D eigenvalue weighted by atomic mass is 9.79. The summed E-state index contributed by atoms with van der Waals surface area (Å²) < 4.78 is 17.4. The molecule has 3 atom stereocenters. The number of hydroxylamine groups is 2. The molecule has 4 heterocycles. The molecule has 0 saturated carbocycles. The number of tetrazole rings is 1. The summed E-state index contributed by atoms with van der Waals surface area (Å²) >= 11 is 1.20. The number of carbonyl (C=O) groups excluding carboxylic acids is 4. The van der Waals surface area contributed by atoms with Crippen LogP contribution in [0.5, 0.6) is 0 Å². The first-order valence-electron chi connectivity index (χ1n) is 12.0. The first kappa shape index (κ1) is 27.6. The van der Waals surface area contributed by atoms with Gasteiger partial charge in [-0.2, -0.15) is 0 Å². The molecule has 16 heteroatoms. The van der Waals surface area contributed by atoms with Crippen LogP contribution < -0.4 is 5.73 Å². The Morgan fingerprint density at radius 3 is 2.37 bits per heavy atom. The van der Waals surface area contributed by atoms with E-state index in [-0.39, 0.29) is 36.6 Å². The predicted molar refractivity (Wildman–Crippen MR) is 129 cm³/mol. The zero-order chi connectivity index (χ0) is 28.0. The number of nitrogens with two attached hydrogens (primary N) is 1. The van der Waals surface area contributed by atoms with Crippen molar-refractivity contribution in [2.24, 2.45) is 11.7 Å². The van der Waals surface area contributed by atoms with Crippen molar-refractivity contribution in [1.82, 2.24) is 30.2 Å². The minimum Gasteiger partial charge on any atom is -0.428 e. The SMILES string of the molecule is CC(C)(C)OC(=O)OC1=C(CSc2nnnn2CC(N)=O)C2CCN(OC(=O)OC(C)(C)C)[C@@H]3C(=O)N1[C@H]23. The molecular weight excluding hydrogens is 522 g/mol. The molecule has 3 aliphatic heterocycles. The highest BCUT2D eigenvalue weighted by molar-refractivity contribution is 7.99. The molecule has 1 aromatic heterocycles. The number of hydrogen-bond acceptors (Lipinski definition) is 13. The summed E-state index contributed by atoms with van der Waals surface area (Å²) in [5.41, 5.74) is 4.37. The number of aromatic nitrogens is 4. The van der Waals surface area contributed by atoms with Gasteiger partial charge in [-0.1, -0.05) is 11.8 Å². The molecule has 2 fully saturated rings. The van der Waals surface area contributed by atoms with Crippen LogP contribution >= 0.6 is 11.8 Å². The summed E-state index contributed by atoms with van der Waals surface area (Å²) in [6, 6.07) is -1.19. The number of amides is 2. The van der Waals surface area contributed by atoms with E-state index < -0.39 is 41.5 Å². The van der Waals surface area contributed by atoms with E-state index in [0.717, 1.165) is 0 Å². The predicted octanol–water partition coefficient (Wildman–Crippen LogP) is 1.20. The van der Waals surface area contributed by atoms with Gasteiger partial charge in [0.1, 0.15) is 23.8 Å². The van der Waals surface area contributed by atoms with E-state index in [1.807, 2.05) is 0 Å². The second-order valence-corrected chi connectivity index (χ2v) is 11.9. The number of hydrogen-bond donors (Lipinski definition) is 1. The van der Waals surface area contributed by atoms with Crippen LogP contribution in [0.4, 0.5) is 9.59 Å². The van der Waals surface area contributed by atoms with E-state index in [0.29, 0.717) is 17.2 Å². The summed E-state index contributed by atoms with van der Waals surface area (Å²) in [7, 11) is 0. The summed E-state index contributed by atoms with van der Waals surface area (Å²) in [5.74, 6) is -0.858. The monoisotopic (exact) mass is 553 g/mol. The summed E-state index contributed by atoms with van der Waals surface area (Å²) in [6.07, 6.45) is -1.36. The summed E-state index contributed by atoms with van der Waals surface area (Å²) in [4.78, 5) is 56.2. The lowest BCUT2D eigenvalue weighted by Gasteiger charge is -2.51. The van der Waals surface area contributed by atoms with Crippen LogP contribution in [0.3, 0.4) is 0 Å². The smallest absolute Gasteiger partial charge is 0.428 e. The van der Waals surface area contributed by atoms with Gasteiger partial charge in [-0.15, -0.1) is 10.2 Å². The lowest BCUT2D eigenvalue weighted by molar-refractivity contribution is -0.223. The van der Waals surface area contributed by atoms with Gasteiger partial charge in [0.2, 0.25) is 16.9 Å². The van der Waals surface area contributed by atoms with Gasteiger partial charge in [-0.3, -0.25) is 14.5 Å². The normalized spacial score (nSPS) is 23.1. The molecule has 0 aromatic carbocycles. The van der Waals surface area contributed by atoms with Crippen LogP contribution in [0.25, 0.3) is 0 Å². The van der Waals surface area contributed by atoms with Crippen LogP contribution in [-0.2, 0) is 35.2 Å². The molecule has 15 nitrogen and oxygen atoms in total. The molecule has 4 rings (SSSR count). The highest BCUT2D eigenvalue weighted by Gasteiger charge is 2.64. The van der Waals surface area contributed by atoms with E-state index in [2.05, 4.69) is 15.5 Å². The van der Waals surface area contributed by atoms with E-state index in [9.17, 15) is 19.2 Å². The third kappa shape index (κ3) is 5.85. The van der Waals surface area contributed by atoms with Gasteiger partial charge in [-0.25, -0.2) is 14.3 Å². The quantitative estimate of drug-likeness (QED) is 0.289. The molecule has 0 bridgehead atoms. The average molecular weight is 554 g/mol. The van der Waals surface area contributed by atoms with Gasteiger partial charge < -0.3 is 24.8 Å². The molecule has 2 N–H and O–H groups in total. The van der Waals surface area contributed by atoms with Crippen LogP contribution in [0.2, 0.25) is 0 Å². The van der Waals surface area contributed by atoms with E-state index >= 15 is 0 Å². The molecule has 38 heavy (non-hydrogen) atoms. The zero-order valence-electron chi connectivity index (χ0n) is 22.0. The highest BCUT2D eigenvalue weighted by atomic mass is 32.2. The maximum Gasteiger partial charge on any atom is 0.528 e. The van der Waals surface area contributed by atoms with Crippen molar-refractivity contribution < 1.29 is 38.2 Å². The molecule has 0 spiro atoms. The Hall–Kier alpha value is -3.40. The van der Waals surface area contributed by atoms with Gasteiger partial charge in [0.25, 0.3) is 5.91 Å². The third-order valence-corrected chi connectivity index (χ3v) is 6.75. The molecule has 208 valence electrons. The summed E-state index contributed by atoms with van der Waals surface area (Å²) in [5, 5.41) is 12.9. The molecule has 1 unspecified atom stereocenters. The van der Waals surface area contributed by atoms with Gasteiger partial charge in [0.15, 0.2) is 0 Å². The maximum absolute atomic E-state index is 13.3. The Bertz CT molecular complexity index is 1170. The van der Waals surface area contributed by atoms with Crippen molar-refractivity contribution >= 4 is 35.9 Å². The first-order chi connectivity index (χ1) is 17.6. The van der Waals surface area contributed by atoms with Crippen molar-refractivity contribution in [3.05, 3.63) is 11.5 Å². The molecule has 2 amide bonds. The Kier molecular flexibility index (Phi) is 7.31. The number of carbonyl (C=O) groups is 4. The van der Waals surface area contributed by atoms with Crippen LogP contribution in [0, 0.1) is 5.92 Å².